The lowest BCUT2D eigenvalue weighted by Gasteiger charge is -2.15. The van der Waals surface area contributed by atoms with Crippen molar-refractivity contribution in [2.24, 2.45) is 7.05 Å². The van der Waals surface area contributed by atoms with Crippen molar-refractivity contribution in [3.8, 4) is 22.6 Å². The summed E-state index contributed by atoms with van der Waals surface area (Å²) in [6, 6.07) is 13.9. The van der Waals surface area contributed by atoms with E-state index in [1.807, 2.05) is 12.1 Å². The molecule has 0 atom stereocenters. The molecule has 4 aromatic rings. The lowest BCUT2D eigenvalue weighted by molar-refractivity contribution is -0.274. The number of pyridine rings is 1. The molecular formula is C23H18ClF3N4O2. The number of aryl methyl sites for hydroxylation is 1. The summed E-state index contributed by atoms with van der Waals surface area (Å²) in [7, 11) is 1.78. The van der Waals surface area contributed by atoms with Gasteiger partial charge < -0.3 is 10.1 Å². The SMILES string of the molecule is Cn1cc(-c2cn(-c3ccc(OC(F)(F)F)cc3)c(=O)cc2NCc2ccc(Cl)cc2)cn1. The van der Waals surface area contributed by atoms with Crippen molar-refractivity contribution in [3.63, 3.8) is 0 Å². The third-order valence-corrected chi connectivity index (χ3v) is 5.07. The zero-order valence-electron chi connectivity index (χ0n) is 17.3. The van der Waals surface area contributed by atoms with Crippen molar-refractivity contribution in [2.75, 3.05) is 5.32 Å². The predicted octanol–water partition coefficient (Wildman–Crippen LogP) is 5.40. The van der Waals surface area contributed by atoms with Crippen molar-refractivity contribution in [1.82, 2.24) is 14.3 Å². The smallest absolute Gasteiger partial charge is 0.406 e. The molecule has 6 nitrogen and oxygen atoms in total. The summed E-state index contributed by atoms with van der Waals surface area (Å²) in [5, 5.41) is 8.10. The average molecular weight is 475 g/mol. The van der Waals surface area contributed by atoms with Gasteiger partial charge >= 0.3 is 6.36 Å². The van der Waals surface area contributed by atoms with Crippen LogP contribution in [0.15, 0.2) is 78.0 Å². The molecule has 170 valence electrons. The minimum Gasteiger partial charge on any atom is -0.406 e. The third kappa shape index (κ3) is 5.56. The normalized spacial score (nSPS) is 11.4. The fourth-order valence-corrected chi connectivity index (χ4v) is 3.41. The van der Waals surface area contributed by atoms with E-state index in [0.29, 0.717) is 28.5 Å². The molecule has 0 bridgehead atoms. The van der Waals surface area contributed by atoms with Crippen LogP contribution in [-0.4, -0.2) is 20.7 Å². The summed E-state index contributed by atoms with van der Waals surface area (Å²) < 4.78 is 44.2. The van der Waals surface area contributed by atoms with Crippen molar-refractivity contribution in [2.45, 2.75) is 12.9 Å². The highest BCUT2D eigenvalue weighted by Gasteiger charge is 2.31. The molecule has 0 saturated carbocycles. The standard InChI is InChI=1S/C23H18ClF3N4O2/c1-30-13-16(12-29-30)20-14-31(18-6-8-19(9-7-18)33-23(25,26)27)22(32)10-21(20)28-11-15-2-4-17(24)5-3-15/h2-10,12-14,28H,11H2,1H3. The van der Waals surface area contributed by atoms with Crippen LogP contribution < -0.4 is 15.6 Å². The van der Waals surface area contributed by atoms with Crippen molar-refractivity contribution in [3.05, 3.63) is 94.1 Å². The van der Waals surface area contributed by atoms with Crippen LogP contribution in [0.5, 0.6) is 5.75 Å². The van der Waals surface area contributed by atoms with Crippen molar-refractivity contribution in [1.29, 1.82) is 0 Å². The minimum atomic E-state index is -4.79. The Balaban J connectivity index is 1.69. The molecule has 33 heavy (non-hydrogen) atoms. The van der Waals surface area contributed by atoms with Gasteiger partial charge in [0, 0.05) is 59.6 Å². The van der Waals surface area contributed by atoms with Gasteiger partial charge in [0.15, 0.2) is 0 Å². The predicted molar refractivity (Wildman–Crippen MR) is 120 cm³/mol. The Morgan fingerprint density at radius 3 is 2.36 bits per heavy atom. The van der Waals surface area contributed by atoms with Gasteiger partial charge in [-0.15, -0.1) is 13.2 Å². The van der Waals surface area contributed by atoms with E-state index in [0.717, 1.165) is 23.3 Å². The number of nitrogens with one attached hydrogen (secondary N) is 1. The topological polar surface area (TPSA) is 61.1 Å². The van der Waals surface area contributed by atoms with E-state index in [-0.39, 0.29) is 11.3 Å². The van der Waals surface area contributed by atoms with E-state index < -0.39 is 6.36 Å². The van der Waals surface area contributed by atoms with E-state index in [9.17, 15) is 18.0 Å². The monoisotopic (exact) mass is 474 g/mol. The molecule has 0 aliphatic heterocycles. The van der Waals surface area contributed by atoms with Gasteiger partial charge in [-0.05, 0) is 42.0 Å². The first kappa shape index (κ1) is 22.5. The first-order chi connectivity index (χ1) is 15.7. The Labute approximate surface area is 191 Å². The van der Waals surface area contributed by atoms with Crippen LogP contribution in [0.1, 0.15) is 5.56 Å². The number of halogens is 4. The molecule has 1 N–H and O–H groups in total. The fraction of sp³-hybridized carbons (Fsp3) is 0.130. The Kier molecular flexibility index (Phi) is 6.15. The number of rotatable bonds is 6. The lowest BCUT2D eigenvalue weighted by Crippen LogP contribution is -2.19. The second-order valence-electron chi connectivity index (χ2n) is 7.23. The first-order valence-corrected chi connectivity index (χ1v) is 10.2. The minimum absolute atomic E-state index is 0.356. The molecule has 0 aliphatic rings. The quantitative estimate of drug-likeness (QED) is 0.406. The Bertz CT molecular complexity index is 1310. The molecule has 2 aromatic heterocycles. The number of ether oxygens (including phenoxy) is 1. The molecule has 0 fully saturated rings. The summed E-state index contributed by atoms with van der Waals surface area (Å²) in [5.74, 6) is -0.368. The van der Waals surface area contributed by atoms with Crippen molar-refractivity contribution < 1.29 is 17.9 Å². The second-order valence-corrected chi connectivity index (χ2v) is 7.67. The lowest BCUT2D eigenvalue weighted by atomic mass is 10.1. The molecule has 2 aromatic carbocycles. The summed E-state index contributed by atoms with van der Waals surface area (Å²) in [6.45, 7) is 0.456. The molecule has 0 aliphatic carbocycles. The average Bonchev–Trinajstić information content (AvgIpc) is 3.19. The molecular weight excluding hydrogens is 457 g/mol. The highest BCUT2D eigenvalue weighted by atomic mass is 35.5. The third-order valence-electron chi connectivity index (χ3n) is 4.81. The van der Waals surface area contributed by atoms with Gasteiger partial charge in [0.1, 0.15) is 5.75 Å². The van der Waals surface area contributed by atoms with Crippen LogP contribution >= 0.6 is 11.6 Å². The van der Waals surface area contributed by atoms with Gasteiger partial charge in [0.05, 0.1) is 6.20 Å². The van der Waals surface area contributed by atoms with Gasteiger partial charge in [0.2, 0.25) is 0 Å². The number of benzene rings is 2. The van der Waals surface area contributed by atoms with Crippen LogP contribution in [0.4, 0.5) is 18.9 Å². The van der Waals surface area contributed by atoms with E-state index in [1.165, 1.54) is 22.8 Å². The van der Waals surface area contributed by atoms with Gasteiger partial charge in [-0.1, -0.05) is 23.7 Å². The van der Waals surface area contributed by atoms with E-state index >= 15 is 0 Å². The number of aromatic nitrogens is 3. The fourth-order valence-electron chi connectivity index (χ4n) is 3.28. The zero-order valence-corrected chi connectivity index (χ0v) is 18.1. The van der Waals surface area contributed by atoms with Gasteiger partial charge in [-0.3, -0.25) is 14.0 Å². The molecule has 0 saturated heterocycles. The van der Waals surface area contributed by atoms with E-state index in [1.54, 1.807) is 42.5 Å². The number of alkyl halides is 3. The molecule has 0 radical (unpaired) electrons. The van der Waals surface area contributed by atoms with Crippen LogP contribution in [0.2, 0.25) is 5.02 Å². The van der Waals surface area contributed by atoms with Crippen LogP contribution in [-0.2, 0) is 13.6 Å². The van der Waals surface area contributed by atoms with Crippen LogP contribution in [0.25, 0.3) is 16.8 Å². The van der Waals surface area contributed by atoms with E-state index in [4.69, 9.17) is 11.6 Å². The maximum Gasteiger partial charge on any atom is 0.573 e. The summed E-state index contributed by atoms with van der Waals surface area (Å²) in [4.78, 5) is 12.9. The van der Waals surface area contributed by atoms with E-state index in [2.05, 4.69) is 15.2 Å². The Morgan fingerprint density at radius 2 is 1.76 bits per heavy atom. The molecule has 4 rings (SSSR count). The molecule has 0 spiro atoms. The zero-order chi connectivity index (χ0) is 23.6. The number of hydrogen-bond donors (Lipinski definition) is 1. The van der Waals surface area contributed by atoms with Crippen LogP contribution in [0, 0.1) is 0 Å². The molecule has 2 heterocycles. The van der Waals surface area contributed by atoms with Crippen molar-refractivity contribution >= 4 is 17.3 Å². The molecule has 0 unspecified atom stereocenters. The summed E-state index contributed by atoms with van der Waals surface area (Å²) in [5.41, 5.74) is 3.07. The Hall–Kier alpha value is -3.72. The second kappa shape index (κ2) is 9.03. The Morgan fingerprint density at radius 1 is 1.06 bits per heavy atom. The highest BCUT2D eigenvalue weighted by Crippen LogP contribution is 2.29. The van der Waals surface area contributed by atoms with Gasteiger partial charge in [-0.25, -0.2) is 0 Å². The maximum absolute atomic E-state index is 12.9. The van der Waals surface area contributed by atoms with Gasteiger partial charge in [-0.2, -0.15) is 5.10 Å². The molecule has 10 heteroatoms. The number of nitrogens with zero attached hydrogens (tertiary/aromatic N) is 3. The highest BCUT2D eigenvalue weighted by molar-refractivity contribution is 6.30. The number of anilines is 1. The molecule has 0 amide bonds. The maximum atomic E-state index is 12.9. The summed E-state index contributed by atoms with van der Waals surface area (Å²) >= 11 is 5.94. The number of hydrogen-bond acceptors (Lipinski definition) is 4. The summed E-state index contributed by atoms with van der Waals surface area (Å²) in [6.07, 6.45) is 0.308. The largest absolute Gasteiger partial charge is 0.573 e. The first-order valence-electron chi connectivity index (χ1n) is 9.78. The van der Waals surface area contributed by atoms with Crippen LogP contribution in [0.3, 0.4) is 0 Å². The van der Waals surface area contributed by atoms with Gasteiger partial charge in [0.25, 0.3) is 5.56 Å².